The highest BCUT2D eigenvalue weighted by atomic mass is 19.1. The molecule has 1 aromatic carbocycles. The van der Waals surface area contributed by atoms with Crippen LogP contribution in [0.5, 0.6) is 0 Å². The lowest BCUT2D eigenvalue weighted by Gasteiger charge is -2.19. The largest absolute Gasteiger partial charge is 0.343 e. The molecule has 1 amide bonds. The van der Waals surface area contributed by atoms with Gasteiger partial charge in [0.25, 0.3) is 11.5 Å². The fraction of sp³-hybridized carbons (Fsp3) is 0.190. The SMILES string of the molecule is Cc1cnc(C(=O)NC(Cc2cc(=O)n3[nH]c(C)cc3n2)c2ccc(F)cc2)cn1. The van der Waals surface area contributed by atoms with Crippen molar-refractivity contribution >= 4 is 11.6 Å². The van der Waals surface area contributed by atoms with Crippen molar-refractivity contribution in [2.24, 2.45) is 0 Å². The molecule has 30 heavy (non-hydrogen) atoms. The molecule has 0 saturated heterocycles. The highest BCUT2D eigenvalue weighted by Gasteiger charge is 2.19. The number of hydrogen-bond acceptors (Lipinski definition) is 5. The van der Waals surface area contributed by atoms with Crippen LogP contribution in [0.1, 0.15) is 39.2 Å². The molecule has 0 aliphatic rings. The Morgan fingerprint density at radius 3 is 2.63 bits per heavy atom. The third-order valence-electron chi connectivity index (χ3n) is 4.64. The smallest absolute Gasteiger partial charge is 0.272 e. The molecule has 3 heterocycles. The molecule has 3 aromatic heterocycles. The Balaban J connectivity index is 1.66. The molecule has 0 aliphatic carbocycles. The van der Waals surface area contributed by atoms with Gasteiger partial charge in [0.1, 0.15) is 11.5 Å². The van der Waals surface area contributed by atoms with E-state index in [1.54, 1.807) is 25.1 Å². The Labute approximate surface area is 170 Å². The standard InChI is InChI=1S/C21H19FN6O2/c1-12-7-19-25-16(9-20(29)28(19)27-12)8-17(14-3-5-15(22)6-4-14)26-21(30)18-11-23-13(2)10-24-18/h3-7,9-11,17,27H,8H2,1-2H3,(H,26,30). The van der Waals surface area contributed by atoms with Crippen LogP contribution in [0.4, 0.5) is 4.39 Å². The molecule has 1 atom stereocenters. The van der Waals surface area contributed by atoms with Crippen molar-refractivity contribution in [3.05, 3.63) is 93.3 Å². The van der Waals surface area contributed by atoms with Gasteiger partial charge in [-0.1, -0.05) is 12.1 Å². The minimum absolute atomic E-state index is 0.164. The van der Waals surface area contributed by atoms with E-state index >= 15 is 0 Å². The van der Waals surface area contributed by atoms with Crippen LogP contribution in [0.2, 0.25) is 0 Å². The van der Waals surface area contributed by atoms with E-state index in [9.17, 15) is 14.0 Å². The average Bonchev–Trinajstić information content (AvgIpc) is 3.09. The van der Waals surface area contributed by atoms with Crippen LogP contribution in [-0.4, -0.2) is 30.5 Å². The van der Waals surface area contributed by atoms with E-state index in [0.29, 0.717) is 22.6 Å². The molecule has 0 saturated carbocycles. The van der Waals surface area contributed by atoms with E-state index in [1.165, 1.54) is 35.1 Å². The Morgan fingerprint density at radius 1 is 1.17 bits per heavy atom. The minimum Gasteiger partial charge on any atom is -0.343 e. The lowest BCUT2D eigenvalue weighted by atomic mass is 10.0. The summed E-state index contributed by atoms with van der Waals surface area (Å²) >= 11 is 0. The van der Waals surface area contributed by atoms with E-state index in [0.717, 1.165) is 5.69 Å². The molecule has 4 aromatic rings. The van der Waals surface area contributed by atoms with Crippen LogP contribution in [-0.2, 0) is 6.42 Å². The predicted molar refractivity (Wildman–Crippen MR) is 108 cm³/mol. The van der Waals surface area contributed by atoms with Crippen LogP contribution in [0.15, 0.2) is 53.6 Å². The molecule has 0 bridgehead atoms. The third kappa shape index (κ3) is 4.09. The van der Waals surface area contributed by atoms with Gasteiger partial charge < -0.3 is 5.32 Å². The Morgan fingerprint density at radius 2 is 1.93 bits per heavy atom. The summed E-state index contributed by atoms with van der Waals surface area (Å²) in [5.41, 5.74) is 3.08. The van der Waals surface area contributed by atoms with E-state index in [-0.39, 0.29) is 23.5 Å². The van der Waals surface area contributed by atoms with E-state index in [2.05, 4.69) is 25.4 Å². The maximum absolute atomic E-state index is 13.4. The number of fused-ring (bicyclic) bond motifs is 1. The van der Waals surface area contributed by atoms with Crippen molar-refractivity contribution in [3.63, 3.8) is 0 Å². The summed E-state index contributed by atoms with van der Waals surface area (Å²) in [4.78, 5) is 37.8. The fourth-order valence-corrected chi connectivity index (χ4v) is 3.16. The van der Waals surface area contributed by atoms with Gasteiger partial charge in [-0.3, -0.25) is 19.7 Å². The zero-order valence-corrected chi connectivity index (χ0v) is 16.4. The van der Waals surface area contributed by atoms with Gasteiger partial charge in [0.15, 0.2) is 5.65 Å². The van der Waals surface area contributed by atoms with Gasteiger partial charge in [-0.25, -0.2) is 18.9 Å². The van der Waals surface area contributed by atoms with Crippen molar-refractivity contribution in [1.82, 2.24) is 29.9 Å². The highest BCUT2D eigenvalue weighted by Crippen LogP contribution is 2.19. The second-order valence-electron chi connectivity index (χ2n) is 7.04. The zero-order valence-electron chi connectivity index (χ0n) is 16.4. The lowest BCUT2D eigenvalue weighted by molar-refractivity contribution is 0.0931. The highest BCUT2D eigenvalue weighted by molar-refractivity contribution is 5.92. The first-order valence-electron chi connectivity index (χ1n) is 9.32. The van der Waals surface area contributed by atoms with E-state index in [1.807, 2.05) is 6.92 Å². The second kappa shape index (κ2) is 7.86. The molecule has 8 nitrogen and oxygen atoms in total. The first-order valence-corrected chi connectivity index (χ1v) is 9.32. The van der Waals surface area contributed by atoms with Crippen LogP contribution >= 0.6 is 0 Å². The van der Waals surface area contributed by atoms with Crippen LogP contribution < -0.4 is 10.9 Å². The first-order chi connectivity index (χ1) is 14.4. The fourth-order valence-electron chi connectivity index (χ4n) is 3.16. The molecule has 152 valence electrons. The summed E-state index contributed by atoms with van der Waals surface area (Å²) in [6, 6.07) is 8.45. The summed E-state index contributed by atoms with van der Waals surface area (Å²) < 4.78 is 14.8. The van der Waals surface area contributed by atoms with Gasteiger partial charge in [0.2, 0.25) is 0 Å². The number of amides is 1. The third-order valence-corrected chi connectivity index (χ3v) is 4.64. The number of carbonyl (C=O) groups is 1. The quantitative estimate of drug-likeness (QED) is 0.529. The maximum Gasteiger partial charge on any atom is 0.272 e. The molecule has 1 unspecified atom stereocenters. The monoisotopic (exact) mass is 406 g/mol. The Kier molecular flexibility index (Phi) is 5.09. The summed E-state index contributed by atoms with van der Waals surface area (Å²) in [6.07, 6.45) is 3.14. The molecule has 0 fully saturated rings. The minimum atomic E-state index is -0.546. The van der Waals surface area contributed by atoms with Crippen molar-refractivity contribution in [3.8, 4) is 0 Å². The average molecular weight is 406 g/mol. The number of halogens is 1. The first kappa shape index (κ1) is 19.4. The number of aromatic amines is 1. The van der Waals surface area contributed by atoms with Crippen molar-refractivity contribution in [2.75, 3.05) is 0 Å². The summed E-state index contributed by atoms with van der Waals surface area (Å²) in [7, 11) is 0. The number of rotatable bonds is 5. The summed E-state index contributed by atoms with van der Waals surface area (Å²) in [6.45, 7) is 3.61. The predicted octanol–water partition coefficient (Wildman–Crippen LogP) is 2.28. The Hall–Kier alpha value is -3.88. The molecule has 0 aliphatic heterocycles. The topological polar surface area (TPSA) is 105 Å². The van der Waals surface area contributed by atoms with Gasteiger partial charge >= 0.3 is 0 Å². The molecular weight excluding hydrogens is 387 g/mol. The summed E-state index contributed by atoms with van der Waals surface area (Å²) in [5, 5.41) is 5.81. The normalized spacial score (nSPS) is 12.1. The van der Waals surface area contributed by atoms with Crippen molar-refractivity contribution in [1.29, 1.82) is 0 Å². The Bertz CT molecular complexity index is 1260. The number of aryl methyl sites for hydroxylation is 2. The lowest BCUT2D eigenvalue weighted by Crippen LogP contribution is -2.31. The van der Waals surface area contributed by atoms with Gasteiger partial charge in [0, 0.05) is 30.4 Å². The van der Waals surface area contributed by atoms with Gasteiger partial charge in [-0.2, -0.15) is 0 Å². The van der Waals surface area contributed by atoms with Crippen LogP contribution in [0.25, 0.3) is 5.65 Å². The van der Waals surface area contributed by atoms with E-state index < -0.39 is 11.9 Å². The van der Waals surface area contributed by atoms with Crippen molar-refractivity contribution in [2.45, 2.75) is 26.3 Å². The molecular formula is C21H19FN6O2. The van der Waals surface area contributed by atoms with Gasteiger partial charge in [-0.05, 0) is 31.5 Å². The van der Waals surface area contributed by atoms with Crippen molar-refractivity contribution < 1.29 is 9.18 Å². The zero-order chi connectivity index (χ0) is 21.3. The number of nitrogens with zero attached hydrogens (tertiary/aromatic N) is 4. The number of carbonyl (C=O) groups excluding carboxylic acids is 1. The molecule has 0 spiro atoms. The van der Waals surface area contributed by atoms with Crippen LogP contribution in [0.3, 0.4) is 0 Å². The van der Waals surface area contributed by atoms with E-state index in [4.69, 9.17) is 0 Å². The number of nitrogens with one attached hydrogen (secondary N) is 2. The number of aromatic nitrogens is 5. The molecule has 4 rings (SSSR count). The maximum atomic E-state index is 13.4. The second-order valence-corrected chi connectivity index (χ2v) is 7.04. The molecule has 0 radical (unpaired) electrons. The number of hydrogen-bond donors (Lipinski definition) is 2. The number of H-pyrrole nitrogens is 1. The molecule has 9 heteroatoms. The number of benzene rings is 1. The van der Waals surface area contributed by atoms with Crippen LogP contribution in [0, 0.1) is 19.7 Å². The van der Waals surface area contributed by atoms with Gasteiger partial charge in [0.05, 0.1) is 23.6 Å². The molecule has 2 N–H and O–H groups in total. The van der Waals surface area contributed by atoms with Gasteiger partial charge in [-0.15, -0.1) is 0 Å². The summed E-state index contributed by atoms with van der Waals surface area (Å²) in [5.74, 6) is -0.805.